The van der Waals surface area contributed by atoms with Gasteiger partial charge in [0.2, 0.25) is 5.91 Å². The van der Waals surface area contributed by atoms with Gasteiger partial charge in [-0.05, 0) is 44.4 Å². The number of nitrogens with one attached hydrogen (secondary N) is 2. The summed E-state index contributed by atoms with van der Waals surface area (Å²) in [5, 5.41) is 6.65. The molecule has 0 aliphatic heterocycles. The van der Waals surface area contributed by atoms with Crippen molar-refractivity contribution in [2.24, 2.45) is 0 Å². The lowest BCUT2D eigenvalue weighted by Gasteiger charge is -2.27. The number of imidazole rings is 1. The van der Waals surface area contributed by atoms with Crippen LogP contribution >= 0.6 is 0 Å². The summed E-state index contributed by atoms with van der Waals surface area (Å²) in [5.41, 5.74) is 2.19. The third kappa shape index (κ3) is 7.85. The molecule has 0 fully saturated rings. The van der Waals surface area contributed by atoms with E-state index >= 15 is 0 Å². The van der Waals surface area contributed by atoms with Gasteiger partial charge in [-0.15, -0.1) is 0 Å². The van der Waals surface area contributed by atoms with E-state index in [0.29, 0.717) is 6.42 Å². The van der Waals surface area contributed by atoms with Crippen LogP contribution in [-0.4, -0.2) is 28.5 Å². The highest BCUT2D eigenvalue weighted by Gasteiger charge is 2.19. The molecule has 0 spiro atoms. The maximum Gasteiger partial charge on any atom is 0.224 e. The van der Waals surface area contributed by atoms with Crippen LogP contribution in [0.25, 0.3) is 0 Å². The molecule has 0 radical (unpaired) electrons. The lowest BCUT2D eigenvalue weighted by Crippen LogP contribution is -2.37. The Hall–Kier alpha value is -2.14. The topological polar surface area (TPSA) is 59.0 Å². The summed E-state index contributed by atoms with van der Waals surface area (Å²) in [7, 11) is 0. The Balaban J connectivity index is 1.72. The normalized spacial score (nSPS) is 11.5. The van der Waals surface area contributed by atoms with Crippen LogP contribution in [0.2, 0.25) is 0 Å². The molecule has 5 heteroatoms. The Morgan fingerprint density at radius 2 is 1.86 bits per heavy atom. The molecule has 154 valence electrons. The highest BCUT2D eigenvalue weighted by Crippen LogP contribution is 2.20. The van der Waals surface area contributed by atoms with E-state index in [1.807, 2.05) is 18.7 Å². The molecule has 5 nitrogen and oxygen atoms in total. The van der Waals surface area contributed by atoms with Gasteiger partial charge < -0.3 is 15.2 Å². The van der Waals surface area contributed by atoms with E-state index in [2.05, 4.69) is 65.2 Å². The zero-order chi connectivity index (χ0) is 20.2. The molecule has 0 aliphatic rings. The number of carbonyl (C=O) groups is 1. The van der Waals surface area contributed by atoms with Crippen molar-refractivity contribution in [1.82, 2.24) is 20.2 Å². The minimum absolute atomic E-state index is 0.102. The molecule has 1 heterocycles. The molecule has 0 aliphatic carbocycles. The molecule has 0 saturated carbocycles. The van der Waals surface area contributed by atoms with Gasteiger partial charge in [0.15, 0.2) is 0 Å². The first-order valence-electron chi connectivity index (χ1n) is 10.6. The van der Waals surface area contributed by atoms with Crippen LogP contribution in [-0.2, 0) is 23.3 Å². The first-order valence-corrected chi connectivity index (χ1v) is 10.6. The third-order valence-corrected chi connectivity index (χ3v) is 5.11. The number of hydrogen-bond donors (Lipinski definition) is 2. The second-order valence-electron chi connectivity index (χ2n) is 7.99. The van der Waals surface area contributed by atoms with Gasteiger partial charge in [0.05, 0.1) is 12.7 Å². The van der Waals surface area contributed by atoms with Gasteiger partial charge in [-0.25, -0.2) is 4.98 Å². The van der Waals surface area contributed by atoms with Crippen LogP contribution in [0.1, 0.15) is 64.0 Å². The van der Waals surface area contributed by atoms with Crippen molar-refractivity contribution in [3.63, 3.8) is 0 Å². The Labute approximate surface area is 169 Å². The number of nitrogens with zero attached hydrogens (tertiary/aromatic N) is 2. The van der Waals surface area contributed by atoms with Crippen molar-refractivity contribution < 1.29 is 4.79 Å². The van der Waals surface area contributed by atoms with Crippen LogP contribution in [0.15, 0.2) is 43.0 Å². The maximum absolute atomic E-state index is 12.1. The number of aromatic nitrogens is 2. The van der Waals surface area contributed by atoms with Crippen LogP contribution in [0.4, 0.5) is 0 Å². The minimum Gasteiger partial charge on any atom is -0.356 e. The lowest BCUT2D eigenvalue weighted by atomic mass is 9.93. The molecular weight excluding hydrogens is 348 g/mol. The van der Waals surface area contributed by atoms with Crippen LogP contribution in [0.5, 0.6) is 0 Å². The van der Waals surface area contributed by atoms with E-state index in [4.69, 9.17) is 0 Å². The molecular formula is C23H36N4O. The minimum atomic E-state index is -0.102. The van der Waals surface area contributed by atoms with E-state index in [9.17, 15) is 4.79 Å². The second-order valence-corrected chi connectivity index (χ2v) is 7.99. The zero-order valence-corrected chi connectivity index (χ0v) is 17.7. The molecule has 2 aromatic rings. The predicted octanol–water partition coefficient (Wildman–Crippen LogP) is 4.04. The fraction of sp³-hybridized carbons (Fsp3) is 0.565. The monoisotopic (exact) mass is 384 g/mol. The summed E-state index contributed by atoms with van der Waals surface area (Å²) >= 11 is 0. The Bertz CT molecular complexity index is 677. The average Bonchev–Trinajstić information content (AvgIpc) is 3.19. The smallest absolute Gasteiger partial charge is 0.224 e. The number of carbonyl (C=O) groups excluding carboxylic acids is 1. The quantitative estimate of drug-likeness (QED) is 0.513. The molecule has 0 bridgehead atoms. The number of unbranched alkanes of at least 4 members (excludes halogenated alkanes) is 3. The molecule has 0 atom stereocenters. The van der Waals surface area contributed by atoms with E-state index < -0.39 is 0 Å². The molecule has 1 amide bonds. The second kappa shape index (κ2) is 11.6. The zero-order valence-electron chi connectivity index (χ0n) is 17.7. The summed E-state index contributed by atoms with van der Waals surface area (Å²) in [5.74, 6) is 0.112. The van der Waals surface area contributed by atoms with Crippen LogP contribution in [0, 0.1) is 0 Å². The van der Waals surface area contributed by atoms with Crippen LogP contribution in [0.3, 0.4) is 0 Å². The van der Waals surface area contributed by atoms with Gasteiger partial charge in [-0.1, -0.05) is 50.5 Å². The average molecular weight is 385 g/mol. The first kappa shape index (κ1) is 22.2. The van der Waals surface area contributed by atoms with Crippen molar-refractivity contribution >= 4 is 5.91 Å². The van der Waals surface area contributed by atoms with E-state index in [1.165, 1.54) is 24.8 Å². The number of aryl methyl sites for hydroxylation is 1. The van der Waals surface area contributed by atoms with Crippen molar-refractivity contribution in [2.75, 3.05) is 13.1 Å². The number of benzene rings is 1. The molecule has 2 N–H and O–H groups in total. The molecule has 0 unspecified atom stereocenters. The van der Waals surface area contributed by atoms with E-state index in [0.717, 1.165) is 38.0 Å². The van der Waals surface area contributed by atoms with Crippen molar-refractivity contribution in [1.29, 1.82) is 0 Å². The summed E-state index contributed by atoms with van der Waals surface area (Å²) in [6.45, 7) is 9.28. The fourth-order valence-corrected chi connectivity index (χ4v) is 3.25. The van der Waals surface area contributed by atoms with Gasteiger partial charge in [0, 0.05) is 31.0 Å². The van der Waals surface area contributed by atoms with Crippen molar-refractivity contribution in [3.05, 3.63) is 54.1 Å². The lowest BCUT2D eigenvalue weighted by molar-refractivity contribution is -0.120. The summed E-state index contributed by atoms with van der Waals surface area (Å²) in [6.07, 6.45) is 11.9. The SMILES string of the molecule is CCCCCCNC(=O)Cc1ccc(C(C)(C)NCCCn2ccnc2)cc1. The van der Waals surface area contributed by atoms with Crippen molar-refractivity contribution in [2.45, 2.75) is 71.4 Å². The predicted molar refractivity (Wildman–Crippen MR) is 115 cm³/mol. The molecule has 1 aromatic carbocycles. The summed E-state index contributed by atoms with van der Waals surface area (Å²) < 4.78 is 2.10. The molecule has 28 heavy (non-hydrogen) atoms. The molecule has 0 saturated heterocycles. The molecule has 2 rings (SSSR count). The number of hydrogen-bond acceptors (Lipinski definition) is 3. The summed E-state index contributed by atoms with van der Waals surface area (Å²) in [4.78, 5) is 16.1. The standard InChI is InChI=1S/C23H36N4O/c1-4-5-6-7-13-25-22(28)18-20-9-11-21(12-10-20)23(2,3)26-14-8-16-27-17-15-24-19-27/h9-12,15,17,19,26H,4-8,13-14,16,18H2,1-3H3,(H,25,28). The van der Waals surface area contributed by atoms with Crippen molar-refractivity contribution in [3.8, 4) is 0 Å². The highest BCUT2D eigenvalue weighted by molar-refractivity contribution is 5.78. The largest absolute Gasteiger partial charge is 0.356 e. The number of rotatable bonds is 13. The van der Waals surface area contributed by atoms with E-state index in [-0.39, 0.29) is 11.4 Å². The third-order valence-electron chi connectivity index (χ3n) is 5.11. The Kier molecular flexibility index (Phi) is 9.21. The number of amides is 1. The fourth-order valence-electron chi connectivity index (χ4n) is 3.25. The first-order chi connectivity index (χ1) is 13.5. The summed E-state index contributed by atoms with van der Waals surface area (Å²) in [6, 6.07) is 8.40. The Morgan fingerprint density at radius 1 is 1.07 bits per heavy atom. The molecule has 1 aromatic heterocycles. The van der Waals surface area contributed by atoms with Gasteiger partial charge in [0.1, 0.15) is 0 Å². The maximum atomic E-state index is 12.1. The van der Waals surface area contributed by atoms with Gasteiger partial charge in [-0.2, -0.15) is 0 Å². The highest BCUT2D eigenvalue weighted by atomic mass is 16.1. The van der Waals surface area contributed by atoms with Gasteiger partial charge in [-0.3, -0.25) is 4.79 Å². The Morgan fingerprint density at radius 3 is 2.54 bits per heavy atom. The van der Waals surface area contributed by atoms with Gasteiger partial charge in [0.25, 0.3) is 0 Å². The van der Waals surface area contributed by atoms with E-state index in [1.54, 1.807) is 0 Å². The van der Waals surface area contributed by atoms with Gasteiger partial charge >= 0.3 is 0 Å². The van der Waals surface area contributed by atoms with Crippen LogP contribution < -0.4 is 10.6 Å².